The van der Waals surface area contributed by atoms with E-state index in [0.29, 0.717) is 29.2 Å². The molecule has 160 valence electrons. The lowest BCUT2D eigenvalue weighted by Gasteiger charge is -2.18. The molecule has 5 rings (SSSR count). The van der Waals surface area contributed by atoms with Crippen LogP contribution in [0.25, 0.3) is 11.3 Å². The van der Waals surface area contributed by atoms with Crippen molar-refractivity contribution in [3.8, 4) is 17.0 Å². The zero-order chi connectivity index (χ0) is 21.9. The van der Waals surface area contributed by atoms with Gasteiger partial charge in [0, 0.05) is 24.3 Å². The van der Waals surface area contributed by atoms with E-state index in [9.17, 15) is 4.79 Å². The van der Waals surface area contributed by atoms with Gasteiger partial charge >= 0.3 is 0 Å². The molecule has 0 bridgehead atoms. The second-order valence-corrected chi connectivity index (χ2v) is 7.88. The summed E-state index contributed by atoms with van der Waals surface area (Å²) in [5.41, 5.74) is 3.14. The van der Waals surface area contributed by atoms with Gasteiger partial charge in [0.2, 0.25) is 5.78 Å². The second-order valence-electron chi connectivity index (χ2n) is 7.35. The summed E-state index contributed by atoms with van der Waals surface area (Å²) >= 11 is 1.03. The molecule has 0 amide bonds. The first-order valence-electron chi connectivity index (χ1n) is 10.1. The van der Waals surface area contributed by atoms with E-state index in [1.165, 1.54) is 0 Å². The number of aromatic nitrogens is 3. The van der Waals surface area contributed by atoms with Crippen LogP contribution in [-0.2, 0) is 0 Å². The number of hydrogen-bond acceptors (Lipinski definition) is 9. The van der Waals surface area contributed by atoms with Crippen LogP contribution in [0.3, 0.4) is 0 Å². The SMILES string of the molecule is COc1cncc(NC(C(=O)c2nsnc2-c2ccccc2)C2=NN3C=CC=CC3C2)c1. The number of nitrogens with zero attached hydrogens (tertiary/aromatic N) is 5. The lowest BCUT2D eigenvalue weighted by atomic mass is 9.96. The first-order valence-corrected chi connectivity index (χ1v) is 10.8. The van der Waals surface area contributed by atoms with Crippen molar-refractivity contribution in [2.75, 3.05) is 12.4 Å². The fourth-order valence-corrected chi connectivity index (χ4v) is 4.30. The van der Waals surface area contributed by atoms with Gasteiger partial charge in [-0.3, -0.25) is 14.8 Å². The molecule has 8 nitrogen and oxygen atoms in total. The Morgan fingerprint density at radius 3 is 2.91 bits per heavy atom. The Kier molecular flexibility index (Phi) is 5.47. The Morgan fingerprint density at radius 1 is 1.22 bits per heavy atom. The Hall–Kier alpha value is -3.85. The first kappa shape index (κ1) is 20.1. The highest BCUT2D eigenvalue weighted by Gasteiger charge is 2.36. The van der Waals surface area contributed by atoms with Gasteiger partial charge in [0.25, 0.3) is 0 Å². The molecule has 2 unspecified atom stereocenters. The number of benzene rings is 1. The van der Waals surface area contributed by atoms with Crippen molar-refractivity contribution in [2.45, 2.75) is 18.5 Å². The van der Waals surface area contributed by atoms with Gasteiger partial charge in [0.1, 0.15) is 17.5 Å². The van der Waals surface area contributed by atoms with Gasteiger partial charge in [-0.15, -0.1) is 0 Å². The second kappa shape index (κ2) is 8.72. The monoisotopic (exact) mass is 444 g/mol. The van der Waals surface area contributed by atoms with Gasteiger partial charge in [0.05, 0.1) is 48.7 Å². The molecule has 1 aromatic carbocycles. The largest absolute Gasteiger partial charge is 0.495 e. The molecule has 9 heteroatoms. The summed E-state index contributed by atoms with van der Waals surface area (Å²) in [6.07, 6.45) is 11.8. The Balaban J connectivity index is 1.52. The molecule has 2 aromatic heterocycles. The number of carbonyl (C=O) groups is 1. The number of rotatable bonds is 7. The third-order valence-corrected chi connectivity index (χ3v) is 5.84. The maximum atomic E-state index is 13.8. The number of allylic oxidation sites excluding steroid dienone is 2. The maximum Gasteiger partial charge on any atom is 0.212 e. The number of Topliss-reactive ketones (excluding diaryl/α,β-unsaturated/α-hetero) is 1. The first-order chi connectivity index (χ1) is 15.7. The van der Waals surface area contributed by atoms with E-state index in [4.69, 9.17) is 9.84 Å². The van der Waals surface area contributed by atoms with Crippen LogP contribution in [0.2, 0.25) is 0 Å². The predicted molar refractivity (Wildman–Crippen MR) is 124 cm³/mol. The molecule has 2 atom stereocenters. The number of ether oxygens (including phenoxy) is 1. The Bertz CT molecular complexity index is 1220. The zero-order valence-electron chi connectivity index (χ0n) is 17.3. The summed E-state index contributed by atoms with van der Waals surface area (Å²) in [6.45, 7) is 0. The highest BCUT2D eigenvalue weighted by Crippen LogP contribution is 2.28. The van der Waals surface area contributed by atoms with Crippen molar-refractivity contribution >= 4 is 28.9 Å². The number of hydrazone groups is 1. The van der Waals surface area contributed by atoms with Crippen LogP contribution in [0, 0.1) is 0 Å². The molecule has 1 N–H and O–H groups in total. The fourth-order valence-electron chi connectivity index (χ4n) is 3.73. The van der Waals surface area contributed by atoms with E-state index >= 15 is 0 Å². The number of hydrogen-bond donors (Lipinski definition) is 1. The van der Waals surface area contributed by atoms with Crippen LogP contribution in [0.5, 0.6) is 5.75 Å². The van der Waals surface area contributed by atoms with E-state index < -0.39 is 6.04 Å². The number of carbonyl (C=O) groups excluding carboxylic acids is 1. The molecule has 2 aliphatic heterocycles. The van der Waals surface area contributed by atoms with Gasteiger partial charge in [-0.05, 0) is 6.08 Å². The number of pyridine rings is 1. The van der Waals surface area contributed by atoms with Crippen molar-refractivity contribution in [1.29, 1.82) is 0 Å². The van der Waals surface area contributed by atoms with Crippen molar-refractivity contribution in [3.05, 3.63) is 78.9 Å². The van der Waals surface area contributed by atoms with Crippen LogP contribution in [-0.4, -0.2) is 49.4 Å². The highest BCUT2D eigenvalue weighted by molar-refractivity contribution is 6.99. The van der Waals surface area contributed by atoms with E-state index in [1.807, 2.05) is 53.7 Å². The molecule has 2 aliphatic rings. The summed E-state index contributed by atoms with van der Waals surface area (Å²) in [5.74, 6) is 0.408. The normalized spacial score (nSPS) is 17.6. The molecule has 0 fully saturated rings. The smallest absolute Gasteiger partial charge is 0.212 e. The lowest BCUT2D eigenvalue weighted by molar-refractivity contribution is 0.0986. The molecule has 4 heterocycles. The Morgan fingerprint density at radius 2 is 2.09 bits per heavy atom. The molecule has 3 aromatic rings. The summed E-state index contributed by atoms with van der Waals surface area (Å²) < 4.78 is 14.0. The molecular weight excluding hydrogens is 424 g/mol. The maximum absolute atomic E-state index is 13.8. The minimum Gasteiger partial charge on any atom is -0.495 e. The van der Waals surface area contributed by atoms with Crippen LogP contribution >= 0.6 is 11.7 Å². The van der Waals surface area contributed by atoms with Crippen molar-refractivity contribution in [2.24, 2.45) is 5.10 Å². The lowest BCUT2D eigenvalue weighted by Crippen LogP contribution is -2.38. The molecule has 32 heavy (non-hydrogen) atoms. The van der Waals surface area contributed by atoms with Gasteiger partial charge in [-0.1, -0.05) is 42.5 Å². The van der Waals surface area contributed by atoms with Crippen LogP contribution < -0.4 is 10.1 Å². The van der Waals surface area contributed by atoms with Gasteiger partial charge in [-0.2, -0.15) is 13.8 Å². The summed E-state index contributed by atoms with van der Waals surface area (Å²) in [6, 6.07) is 10.8. The van der Waals surface area contributed by atoms with Crippen LogP contribution in [0.1, 0.15) is 16.9 Å². The topological polar surface area (TPSA) is 92.6 Å². The fraction of sp³-hybridized carbons (Fsp3) is 0.174. The summed E-state index contributed by atoms with van der Waals surface area (Å²) in [4.78, 5) is 18.0. The molecule has 0 saturated heterocycles. The minimum atomic E-state index is -0.720. The van der Waals surface area contributed by atoms with Crippen molar-refractivity contribution in [3.63, 3.8) is 0 Å². The third kappa shape index (κ3) is 3.90. The average molecular weight is 445 g/mol. The Labute approximate surface area is 189 Å². The minimum absolute atomic E-state index is 0.0951. The average Bonchev–Trinajstić information content (AvgIpc) is 3.50. The number of fused-ring (bicyclic) bond motifs is 1. The van der Waals surface area contributed by atoms with Gasteiger partial charge in [0.15, 0.2) is 5.69 Å². The highest BCUT2D eigenvalue weighted by atomic mass is 32.1. The quantitative estimate of drug-likeness (QED) is 0.554. The summed E-state index contributed by atoms with van der Waals surface area (Å²) in [7, 11) is 1.58. The number of ketones is 1. The van der Waals surface area contributed by atoms with Crippen LogP contribution in [0.4, 0.5) is 5.69 Å². The van der Waals surface area contributed by atoms with Crippen LogP contribution in [0.15, 0.2) is 78.3 Å². The third-order valence-electron chi connectivity index (χ3n) is 5.31. The van der Waals surface area contributed by atoms with E-state index in [2.05, 4.69) is 25.1 Å². The number of anilines is 1. The molecule has 0 radical (unpaired) electrons. The molecule has 0 saturated carbocycles. The van der Waals surface area contributed by atoms with Crippen molar-refractivity contribution < 1.29 is 9.53 Å². The van der Waals surface area contributed by atoms with Crippen molar-refractivity contribution in [1.82, 2.24) is 18.7 Å². The predicted octanol–water partition coefficient (Wildman–Crippen LogP) is 3.79. The zero-order valence-corrected chi connectivity index (χ0v) is 18.1. The van der Waals surface area contributed by atoms with E-state index in [-0.39, 0.29) is 11.8 Å². The molecule has 0 aliphatic carbocycles. The van der Waals surface area contributed by atoms with E-state index in [1.54, 1.807) is 25.6 Å². The molecular formula is C23H20N6O2S. The van der Waals surface area contributed by atoms with E-state index in [0.717, 1.165) is 23.0 Å². The number of methoxy groups -OCH3 is 1. The standard InChI is InChI=1S/C23H20N6O2S/c1-31-18-11-16(13-24-14-18)25-21(19-12-17-9-5-6-10-29(17)26-19)23(30)22-20(27-32-28-22)15-7-3-2-4-8-15/h2-11,13-14,17,21,25H,12H2,1H3. The molecule has 0 spiro atoms. The number of nitrogens with one attached hydrogen (secondary N) is 1. The van der Waals surface area contributed by atoms with Gasteiger partial charge < -0.3 is 10.1 Å². The van der Waals surface area contributed by atoms with Gasteiger partial charge in [-0.25, -0.2) is 0 Å². The summed E-state index contributed by atoms with van der Waals surface area (Å²) in [5, 5.41) is 9.90.